The number of nitriles is 1. The fraction of sp³-hybridized carbons (Fsp3) is 0.227. The van der Waals surface area contributed by atoms with Crippen LogP contribution in [0, 0.1) is 17.2 Å². The minimum atomic E-state index is -0.133. The number of rotatable bonds is 6. The highest BCUT2D eigenvalue weighted by molar-refractivity contribution is 8.13. The Morgan fingerprint density at radius 1 is 1.21 bits per heavy atom. The van der Waals surface area contributed by atoms with Gasteiger partial charge >= 0.3 is 0 Å². The van der Waals surface area contributed by atoms with Crippen LogP contribution in [0.25, 0.3) is 6.08 Å². The maximum atomic E-state index is 13.0. The van der Waals surface area contributed by atoms with Crippen molar-refractivity contribution in [2.75, 3.05) is 12.9 Å². The van der Waals surface area contributed by atoms with Crippen molar-refractivity contribution < 1.29 is 9.53 Å². The van der Waals surface area contributed by atoms with Crippen LogP contribution < -0.4 is 4.74 Å². The van der Waals surface area contributed by atoms with Crippen LogP contribution in [-0.4, -0.2) is 28.8 Å². The zero-order valence-corrected chi connectivity index (χ0v) is 16.6. The van der Waals surface area contributed by atoms with Crippen LogP contribution in [0.5, 0.6) is 5.75 Å². The van der Waals surface area contributed by atoms with E-state index in [1.54, 1.807) is 18.1 Å². The Hall–Kier alpha value is -3.04. The molecule has 142 valence electrons. The Balaban J connectivity index is 1.85. The summed E-state index contributed by atoms with van der Waals surface area (Å²) in [7, 11) is 1.62. The number of amidine groups is 1. The van der Waals surface area contributed by atoms with E-state index in [0.29, 0.717) is 23.2 Å². The fourth-order valence-electron chi connectivity index (χ4n) is 2.64. The first-order valence-corrected chi connectivity index (χ1v) is 9.92. The lowest BCUT2D eigenvalue weighted by atomic mass is 10.1. The maximum Gasteiger partial charge on any atom is 0.278 e. The zero-order valence-electron chi connectivity index (χ0n) is 15.8. The van der Waals surface area contributed by atoms with Gasteiger partial charge in [-0.3, -0.25) is 9.69 Å². The van der Waals surface area contributed by atoms with E-state index in [1.807, 2.05) is 61.5 Å². The van der Waals surface area contributed by atoms with Crippen LogP contribution in [0.3, 0.4) is 0 Å². The molecule has 0 N–H and O–H groups in total. The van der Waals surface area contributed by atoms with Gasteiger partial charge in [-0.1, -0.05) is 54.2 Å². The van der Waals surface area contributed by atoms with Crippen molar-refractivity contribution in [3.05, 3.63) is 71.4 Å². The van der Waals surface area contributed by atoms with Crippen LogP contribution >= 0.6 is 11.8 Å². The molecule has 0 aliphatic carbocycles. The minimum Gasteiger partial charge on any atom is -0.497 e. The van der Waals surface area contributed by atoms with Crippen LogP contribution in [0.4, 0.5) is 0 Å². The molecule has 0 bridgehead atoms. The molecule has 1 heterocycles. The summed E-state index contributed by atoms with van der Waals surface area (Å²) in [4.78, 5) is 19.2. The summed E-state index contributed by atoms with van der Waals surface area (Å²) in [6.07, 6.45) is 1.78. The molecule has 1 aliphatic rings. The molecular formula is C22H21N3O2S. The van der Waals surface area contributed by atoms with Crippen LogP contribution in [0.15, 0.2) is 65.3 Å². The second-order valence-electron chi connectivity index (χ2n) is 6.42. The van der Waals surface area contributed by atoms with Crippen LogP contribution in [0.1, 0.15) is 18.1 Å². The number of carbonyl (C=O) groups is 1. The predicted molar refractivity (Wildman–Crippen MR) is 113 cm³/mol. The highest BCUT2D eigenvalue weighted by Gasteiger charge is 2.30. The number of amides is 1. The van der Waals surface area contributed by atoms with Crippen molar-refractivity contribution >= 4 is 28.9 Å². The van der Waals surface area contributed by atoms with E-state index in [2.05, 4.69) is 11.1 Å². The largest absolute Gasteiger partial charge is 0.497 e. The molecule has 3 rings (SSSR count). The van der Waals surface area contributed by atoms with Gasteiger partial charge in [0.15, 0.2) is 5.17 Å². The van der Waals surface area contributed by atoms with E-state index in [4.69, 9.17) is 10.00 Å². The molecule has 2 aromatic carbocycles. The number of carbonyl (C=O) groups excluding carboxylic acids is 1. The first-order chi connectivity index (χ1) is 13.6. The molecule has 0 saturated carbocycles. The quantitative estimate of drug-likeness (QED) is 0.688. The van der Waals surface area contributed by atoms with E-state index in [-0.39, 0.29) is 11.8 Å². The summed E-state index contributed by atoms with van der Waals surface area (Å²) in [5.41, 5.74) is 2.31. The van der Waals surface area contributed by atoms with Gasteiger partial charge in [0.1, 0.15) is 11.4 Å². The molecule has 5 nitrogen and oxygen atoms in total. The van der Waals surface area contributed by atoms with Gasteiger partial charge in [-0.05, 0) is 36.3 Å². The SMILES string of the molecule is COc1ccc(/C=C2\N=C(SC[C@@H](C)C#N)N(Cc3ccccc3)C2=O)cc1. The predicted octanol–water partition coefficient (Wildman–Crippen LogP) is 4.33. The summed E-state index contributed by atoms with van der Waals surface area (Å²) < 4.78 is 5.17. The van der Waals surface area contributed by atoms with Gasteiger partial charge in [-0.25, -0.2) is 4.99 Å². The number of nitrogens with zero attached hydrogens (tertiary/aromatic N) is 3. The lowest BCUT2D eigenvalue weighted by molar-refractivity contribution is -0.122. The smallest absolute Gasteiger partial charge is 0.278 e. The highest BCUT2D eigenvalue weighted by atomic mass is 32.2. The summed E-state index contributed by atoms with van der Waals surface area (Å²) in [5, 5.41) is 9.68. The molecule has 1 atom stereocenters. The molecule has 1 amide bonds. The minimum absolute atomic E-state index is 0.115. The Morgan fingerprint density at radius 2 is 1.93 bits per heavy atom. The lowest BCUT2D eigenvalue weighted by Crippen LogP contribution is -2.30. The third-order valence-electron chi connectivity index (χ3n) is 4.20. The summed E-state index contributed by atoms with van der Waals surface area (Å²) >= 11 is 1.44. The molecule has 0 radical (unpaired) electrons. The van der Waals surface area contributed by atoms with E-state index in [0.717, 1.165) is 16.9 Å². The molecular weight excluding hydrogens is 370 g/mol. The molecule has 0 fully saturated rings. The first-order valence-electron chi connectivity index (χ1n) is 8.93. The molecule has 6 heteroatoms. The summed E-state index contributed by atoms with van der Waals surface area (Å²) in [5.74, 6) is 1.10. The molecule has 0 aromatic heterocycles. The Labute approximate surface area is 169 Å². The van der Waals surface area contributed by atoms with Crippen molar-refractivity contribution in [3.63, 3.8) is 0 Å². The average Bonchev–Trinajstić information content (AvgIpc) is 3.02. The molecule has 0 unspecified atom stereocenters. The maximum absolute atomic E-state index is 13.0. The average molecular weight is 391 g/mol. The second kappa shape index (κ2) is 9.25. The van der Waals surface area contributed by atoms with Gasteiger partial charge in [0.25, 0.3) is 5.91 Å². The molecule has 2 aromatic rings. The topological polar surface area (TPSA) is 65.7 Å². The zero-order chi connectivity index (χ0) is 19.9. The summed E-state index contributed by atoms with van der Waals surface area (Å²) in [6.45, 7) is 2.31. The Morgan fingerprint density at radius 3 is 2.57 bits per heavy atom. The van der Waals surface area contributed by atoms with Gasteiger partial charge < -0.3 is 4.74 Å². The van der Waals surface area contributed by atoms with Crippen molar-refractivity contribution in [3.8, 4) is 11.8 Å². The number of hydrogen-bond donors (Lipinski definition) is 0. The number of benzene rings is 2. The lowest BCUT2D eigenvalue weighted by Gasteiger charge is -2.18. The number of hydrogen-bond acceptors (Lipinski definition) is 5. The van der Waals surface area contributed by atoms with Gasteiger partial charge in [-0.2, -0.15) is 5.26 Å². The van der Waals surface area contributed by atoms with Crippen LogP contribution in [-0.2, 0) is 11.3 Å². The Kier molecular flexibility index (Phi) is 6.51. The van der Waals surface area contributed by atoms with Crippen LogP contribution in [0.2, 0.25) is 0 Å². The molecule has 28 heavy (non-hydrogen) atoms. The number of thioether (sulfide) groups is 1. The molecule has 0 saturated heterocycles. The number of aliphatic imine (C=N–C) groups is 1. The van der Waals surface area contributed by atoms with Crippen molar-refractivity contribution in [1.29, 1.82) is 5.26 Å². The van der Waals surface area contributed by atoms with Crippen molar-refractivity contribution in [2.45, 2.75) is 13.5 Å². The number of ether oxygens (including phenoxy) is 1. The third-order valence-corrected chi connectivity index (χ3v) is 5.43. The third kappa shape index (κ3) is 4.81. The van der Waals surface area contributed by atoms with Gasteiger partial charge in [0.2, 0.25) is 0 Å². The monoisotopic (exact) mass is 391 g/mol. The second-order valence-corrected chi connectivity index (χ2v) is 7.40. The fourth-order valence-corrected chi connectivity index (χ4v) is 3.58. The van der Waals surface area contributed by atoms with E-state index >= 15 is 0 Å². The van der Waals surface area contributed by atoms with E-state index < -0.39 is 0 Å². The molecule has 1 aliphatic heterocycles. The van der Waals surface area contributed by atoms with Gasteiger partial charge in [-0.15, -0.1) is 0 Å². The normalized spacial score (nSPS) is 16.0. The van der Waals surface area contributed by atoms with Crippen molar-refractivity contribution in [2.24, 2.45) is 10.9 Å². The summed E-state index contributed by atoms with van der Waals surface area (Å²) in [6, 6.07) is 19.5. The first kappa shape index (κ1) is 19.7. The van der Waals surface area contributed by atoms with Crippen molar-refractivity contribution in [1.82, 2.24) is 4.90 Å². The van der Waals surface area contributed by atoms with Gasteiger partial charge in [0, 0.05) is 5.75 Å². The van der Waals surface area contributed by atoms with Gasteiger partial charge in [0.05, 0.1) is 25.6 Å². The highest BCUT2D eigenvalue weighted by Crippen LogP contribution is 2.27. The number of methoxy groups -OCH3 is 1. The van der Waals surface area contributed by atoms with E-state index in [1.165, 1.54) is 11.8 Å². The van der Waals surface area contributed by atoms with E-state index in [9.17, 15) is 4.79 Å². The standard InChI is InChI=1S/C22H21N3O2S/c1-16(13-23)15-28-22-24-20(12-17-8-10-19(27-2)11-9-17)21(26)25(22)14-18-6-4-3-5-7-18/h3-12,16H,14-15H2,1-2H3/b20-12-/t16-/m0/s1. The molecule has 0 spiro atoms. The Bertz CT molecular complexity index is 931.